The van der Waals surface area contributed by atoms with Crippen LogP contribution in [0.2, 0.25) is 0 Å². The molecule has 0 aliphatic heterocycles. The number of aromatic nitrogens is 1. The number of nitrogens with zero attached hydrogens (tertiary/aromatic N) is 1. The van der Waals surface area contributed by atoms with Crippen LogP contribution in [0.15, 0.2) is 21.5 Å². The first-order valence-electron chi connectivity index (χ1n) is 2.13. The molecule has 0 aliphatic rings. The SMILES string of the molecule is I/N=c1/cc[c-]c[nH]1.[Y]. The molecule has 1 rings (SSSR count). The normalized spacial score (nSPS) is 10.6. The third-order valence-corrected chi connectivity index (χ3v) is 1.25. The third kappa shape index (κ3) is 3.48. The summed E-state index contributed by atoms with van der Waals surface area (Å²) in [6, 6.07) is 6.52. The molecule has 0 saturated carbocycles. The van der Waals surface area contributed by atoms with Gasteiger partial charge in [0.25, 0.3) is 0 Å². The summed E-state index contributed by atoms with van der Waals surface area (Å²) in [4.78, 5) is 2.89. The molecule has 0 aromatic carbocycles. The zero-order chi connectivity index (χ0) is 5.82. The summed E-state index contributed by atoms with van der Waals surface area (Å²) in [5.74, 6) is 0. The maximum atomic E-state index is 3.86. The van der Waals surface area contributed by atoms with E-state index in [2.05, 4.69) is 14.3 Å². The number of hydrogen-bond acceptors (Lipinski definition) is 1. The van der Waals surface area contributed by atoms with Gasteiger partial charge in [-0.3, -0.25) is 0 Å². The monoisotopic (exact) mass is 308 g/mol. The van der Waals surface area contributed by atoms with Crippen LogP contribution < -0.4 is 5.49 Å². The van der Waals surface area contributed by atoms with E-state index in [1.807, 2.05) is 35.0 Å². The van der Waals surface area contributed by atoms with Gasteiger partial charge in [-0.15, -0.1) is 0 Å². The van der Waals surface area contributed by atoms with Gasteiger partial charge in [0.05, 0.1) is 28.4 Å². The Balaban J connectivity index is 0.000000640. The van der Waals surface area contributed by atoms with Gasteiger partial charge in [-0.2, -0.15) is 6.07 Å². The number of pyridine rings is 1. The van der Waals surface area contributed by atoms with Gasteiger partial charge in [-0.25, -0.2) is 15.3 Å². The van der Waals surface area contributed by atoms with Crippen LogP contribution in [0.5, 0.6) is 0 Å². The zero-order valence-electron chi connectivity index (χ0n) is 4.63. The minimum atomic E-state index is 0. The molecule has 1 N–H and O–H groups in total. The fraction of sp³-hybridized carbons (Fsp3) is 0. The molecule has 9 heavy (non-hydrogen) atoms. The average molecular weight is 308 g/mol. The van der Waals surface area contributed by atoms with Crippen LogP contribution in [0.3, 0.4) is 0 Å². The Kier molecular flexibility index (Phi) is 6.04. The second kappa shape index (κ2) is 5.56. The molecule has 1 aromatic rings. The number of halogens is 1. The van der Waals surface area contributed by atoms with Crippen LogP contribution in [0.25, 0.3) is 0 Å². The van der Waals surface area contributed by atoms with Crippen molar-refractivity contribution in [2.24, 2.45) is 3.21 Å². The molecule has 0 bridgehead atoms. The van der Waals surface area contributed by atoms with Crippen LogP contribution in [-0.2, 0) is 32.7 Å². The van der Waals surface area contributed by atoms with Crippen molar-refractivity contribution in [1.82, 2.24) is 4.98 Å². The van der Waals surface area contributed by atoms with Crippen LogP contribution in [-0.4, -0.2) is 4.98 Å². The van der Waals surface area contributed by atoms with Gasteiger partial charge in [0.2, 0.25) is 0 Å². The van der Waals surface area contributed by atoms with Crippen molar-refractivity contribution in [3.05, 3.63) is 29.9 Å². The first-order chi connectivity index (χ1) is 3.93. The van der Waals surface area contributed by atoms with Crippen molar-refractivity contribution in [1.29, 1.82) is 0 Å². The second-order valence-electron chi connectivity index (χ2n) is 1.26. The van der Waals surface area contributed by atoms with E-state index in [0.717, 1.165) is 5.49 Å². The van der Waals surface area contributed by atoms with E-state index in [0.29, 0.717) is 0 Å². The summed E-state index contributed by atoms with van der Waals surface area (Å²) in [5.41, 5.74) is 0.865. The van der Waals surface area contributed by atoms with Crippen LogP contribution in [0, 0.1) is 6.07 Å². The second-order valence-corrected chi connectivity index (χ2v) is 1.74. The molecule has 1 radical (unpaired) electrons. The standard InChI is InChI=1S/C5H4IN2.Y/c6-8-5-3-1-2-4-7-5;/h1,3-4H,(H,7,8);/q-1;. The molecular formula is C5H4IN2Y-. The number of nitrogens with one attached hydrogen (secondary N) is 1. The Labute approximate surface area is 92.5 Å². The summed E-state index contributed by atoms with van der Waals surface area (Å²) >= 11 is 1.93. The maximum Gasteiger partial charge on any atom is 0.0836 e. The van der Waals surface area contributed by atoms with Crippen LogP contribution in [0.1, 0.15) is 0 Å². The molecule has 0 spiro atoms. The van der Waals surface area contributed by atoms with E-state index < -0.39 is 0 Å². The van der Waals surface area contributed by atoms with Gasteiger partial charge >= 0.3 is 0 Å². The van der Waals surface area contributed by atoms with Gasteiger partial charge in [-0.1, -0.05) is 6.20 Å². The molecule has 0 atom stereocenters. The average Bonchev–Trinajstić information content (AvgIpc) is 1.90. The topological polar surface area (TPSA) is 28.1 Å². The van der Waals surface area contributed by atoms with Gasteiger partial charge in [-0.05, 0) is 0 Å². The molecule has 0 saturated heterocycles. The summed E-state index contributed by atoms with van der Waals surface area (Å²) < 4.78 is 3.86. The van der Waals surface area contributed by atoms with E-state index in [1.54, 1.807) is 6.20 Å². The van der Waals surface area contributed by atoms with E-state index in [4.69, 9.17) is 0 Å². The molecule has 1 aromatic heterocycles. The van der Waals surface area contributed by atoms with Crippen molar-refractivity contribution in [3.63, 3.8) is 0 Å². The number of rotatable bonds is 0. The quantitative estimate of drug-likeness (QED) is 0.548. The minimum absolute atomic E-state index is 0. The van der Waals surface area contributed by atoms with Crippen molar-refractivity contribution < 1.29 is 32.7 Å². The van der Waals surface area contributed by atoms with Gasteiger partial charge < -0.3 is 4.98 Å². The molecule has 1 heterocycles. The number of H-pyrrole nitrogens is 1. The van der Waals surface area contributed by atoms with E-state index in [-0.39, 0.29) is 32.7 Å². The fourth-order valence-corrected chi connectivity index (χ4v) is 0.692. The Hall–Kier alpha value is 0.784. The van der Waals surface area contributed by atoms with Gasteiger partial charge in [0.15, 0.2) is 0 Å². The van der Waals surface area contributed by atoms with Crippen molar-refractivity contribution in [3.8, 4) is 0 Å². The predicted octanol–water partition coefficient (Wildman–Crippen LogP) is 1.06. The van der Waals surface area contributed by atoms with Gasteiger partial charge in [0.1, 0.15) is 0 Å². The van der Waals surface area contributed by atoms with Crippen molar-refractivity contribution >= 4 is 22.9 Å². The molecule has 0 fully saturated rings. The molecule has 45 valence electrons. The summed E-state index contributed by atoms with van der Waals surface area (Å²) in [6.07, 6.45) is 1.72. The van der Waals surface area contributed by atoms with Gasteiger partial charge in [0, 0.05) is 32.7 Å². The Morgan fingerprint density at radius 1 is 1.67 bits per heavy atom. The van der Waals surface area contributed by atoms with E-state index in [1.165, 1.54) is 0 Å². The van der Waals surface area contributed by atoms with Crippen molar-refractivity contribution in [2.75, 3.05) is 0 Å². The van der Waals surface area contributed by atoms with E-state index in [9.17, 15) is 0 Å². The summed E-state index contributed by atoms with van der Waals surface area (Å²) in [5, 5.41) is 0. The smallest absolute Gasteiger partial charge is 0.0836 e. The molecule has 0 unspecified atom stereocenters. The fourth-order valence-electron chi connectivity index (χ4n) is 0.391. The number of aromatic amines is 1. The molecular weight excluding hydrogens is 304 g/mol. The summed E-state index contributed by atoms with van der Waals surface area (Å²) in [6.45, 7) is 0. The van der Waals surface area contributed by atoms with Crippen LogP contribution >= 0.6 is 22.9 Å². The largest absolute Gasteiger partial charge is 0.379 e. The Morgan fingerprint density at radius 2 is 2.44 bits per heavy atom. The van der Waals surface area contributed by atoms with E-state index >= 15 is 0 Å². The minimum Gasteiger partial charge on any atom is -0.379 e. The maximum absolute atomic E-state index is 3.86. The Bertz CT molecular complexity index is 203. The molecule has 2 nitrogen and oxygen atoms in total. The number of hydrogen-bond donors (Lipinski definition) is 1. The van der Waals surface area contributed by atoms with Crippen molar-refractivity contribution in [2.45, 2.75) is 0 Å². The Morgan fingerprint density at radius 3 is 2.78 bits per heavy atom. The molecule has 4 heteroatoms. The third-order valence-electron chi connectivity index (χ3n) is 0.732. The van der Waals surface area contributed by atoms with Crippen LogP contribution in [0.4, 0.5) is 0 Å². The molecule has 0 aliphatic carbocycles. The summed E-state index contributed by atoms with van der Waals surface area (Å²) in [7, 11) is 0. The zero-order valence-corrected chi connectivity index (χ0v) is 9.63. The molecule has 0 amide bonds. The first-order valence-corrected chi connectivity index (χ1v) is 3.10. The predicted molar refractivity (Wildman–Crippen MR) is 39.2 cm³/mol. The first kappa shape index (κ1) is 9.78.